The van der Waals surface area contributed by atoms with Crippen LogP contribution in [0.15, 0.2) is 54.6 Å². The molecule has 3 aromatic rings. The lowest BCUT2D eigenvalue weighted by molar-refractivity contribution is 0.111. The zero-order chi connectivity index (χ0) is 23.1. The lowest BCUT2D eigenvalue weighted by Crippen LogP contribution is -2.14. The van der Waals surface area contributed by atoms with Gasteiger partial charge < -0.3 is 23.7 Å². The largest absolute Gasteiger partial charge is 0.492 e. The van der Waals surface area contributed by atoms with Gasteiger partial charge in [-0.1, -0.05) is 42.5 Å². The van der Waals surface area contributed by atoms with E-state index >= 15 is 0 Å². The van der Waals surface area contributed by atoms with Gasteiger partial charge in [-0.05, 0) is 24.6 Å². The maximum atomic E-state index is 11.5. The molecular weight excluding hydrogens is 408 g/mol. The predicted molar refractivity (Wildman–Crippen MR) is 123 cm³/mol. The van der Waals surface area contributed by atoms with Crippen molar-refractivity contribution in [3.8, 4) is 28.7 Å². The molecule has 0 spiro atoms. The van der Waals surface area contributed by atoms with Gasteiger partial charge in [0.25, 0.3) is 0 Å². The minimum Gasteiger partial charge on any atom is -0.492 e. The summed E-state index contributed by atoms with van der Waals surface area (Å²) in [7, 11) is 6.30. The van der Waals surface area contributed by atoms with E-state index in [1.807, 2.05) is 43.3 Å². The first-order chi connectivity index (χ1) is 15.6. The number of carbonyl (C=O) groups is 1. The number of carbonyl (C=O) groups excluding carboxylic acids is 1. The van der Waals surface area contributed by atoms with Gasteiger partial charge in [-0.25, -0.2) is 0 Å². The summed E-state index contributed by atoms with van der Waals surface area (Å²) >= 11 is 0. The molecule has 1 atom stereocenters. The summed E-state index contributed by atoms with van der Waals surface area (Å²) in [6, 6.07) is 17.0. The summed E-state index contributed by atoms with van der Waals surface area (Å²) < 4.78 is 29.0. The number of methoxy groups -OCH3 is 4. The SMILES string of the molecule is COc1c(C)c(CC(Oc2ccccc2C=O)c2ccccc2)c(OC)c(OC)c1OC. The topological polar surface area (TPSA) is 63.2 Å². The van der Waals surface area contributed by atoms with Crippen LogP contribution in [0.1, 0.15) is 33.2 Å². The molecule has 0 aromatic heterocycles. The second kappa shape index (κ2) is 10.6. The fourth-order valence-corrected chi connectivity index (χ4v) is 3.82. The molecular formula is C26H28O6. The van der Waals surface area contributed by atoms with Crippen LogP contribution < -0.4 is 23.7 Å². The average Bonchev–Trinajstić information content (AvgIpc) is 2.84. The van der Waals surface area contributed by atoms with Crippen molar-refractivity contribution in [3.63, 3.8) is 0 Å². The highest BCUT2D eigenvalue weighted by Gasteiger charge is 2.28. The molecule has 0 saturated heterocycles. The summed E-state index contributed by atoms with van der Waals surface area (Å²) in [5.74, 6) is 2.56. The standard InChI is InChI=1S/C26H28O6/c1-17-20(24(29-3)26(31-5)25(30-4)23(17)28-2)15-22(18-11-7-6-8-12-18)32-21-14-10-9-13-19(21)16-27/h6-14,16,22H,15H2,1-5H3. The van der Waals surface area contributed by atoms with Gasteiger partial charge >= 0.3 is 0 Å². The lowest BCUT2D eigenvalue weighted by atomic mass is 9.95. The smallest absolute Gasteiger partial charge is 0.207 e. The minimum atomic E-state index is -0.396. The molecule has 3 rings (SSSR count). The molecule has 0 bridgehead atoms. The van der Waals surface area contributed by atoms with Crippen LogP contribution in [0, 0.1) is 6.92 Å². The number of hydrogen-bond acceptors (Lipinski definition) is 6. The summed E-state index contributed by atoms with van der Waals surface area (Å²) in [4.78, 5) is 11.5. The molecule has 0 N–H and O–H groups in total. The van der Waals surface area contributed by atoms with Crippen LogP contribution in [0.4, 0.5) is 0 Å². The molecule has 6 nitrogen and oxygen atoms in total. The second-order valence-electron chi connectivity index (χ2n) is 7.11. The summed E-state index contributed by atoms with van der Waals surface area (Å²) in [6.07, 6.45) is 0.846. The van der Waals surface area contributed by atoms with Crippen molar-refractivity contribution in [2.24, 2.45) is 0 Å². The Morgan fingerprint density at radius 3 is 1.91 bits per heavy atom. The van der Waals surface area contributed by atoms with Gasteiger partial charge in [-0.15, -0.1) is 0 Å². The van der Waals surface area contributed by atoms with E-state index < -0.39 is 6.10 Å². The van der Waals surface area contributed by atoms with E-state index in [4.69, 9.17) is 23.7 Å². The average molecular weight is 437 g/mol. The number of ether oxygens (including phenoxy) is 5. The maximum Gasteiger partial charge on any atom is 0.207 e. The third kappa shape index (κ3) is 4.49. The van der Waals surface area contributed by atoms with Gasteiger partial charge in [0.15, 0.2) is 17.8 Å². The van der Waals surface area contributed by atoms with E-state index in [1.165, 1.54) is 0 Å². The van der Waals surface area contributed by atoms with Gasteiger partial charge in [0.05, 0.1) is 34.0 Å². The number of hydrogen-bond donors (Lipinski definition) is 0. The molecule has 0 aliphatic heterocycles. The van der Waals surface area contributed by atoms with E-state index in [0.717, 1.165) is 23.0 Å². The summed E-state index contributed by atoms with van der Waals surface area (Å²) in [5, 5.41) is 0. The molecule has 0 fully saturated rings. The minimum absolute atomic E-state index is 0.396. The molecule has 0 amide bonds. The van der Waals surface area contributed by atoms with Crippen LogP contribution in [0.25, 0.3) is 0 Å². The molecule has 0 aliphatic rings. The van der Waals surface area contributed by atoms with Crippen molar-refractivity contribution >= 4 is 6.29 Å². The quantitative estimate of drug-likeness (QED) is 0.407. The van der Waals surface area contributed by atoms with Crippen LogP contribution in [-0.2, 0) is 6.42 Å². The number of aldehydes is 1. The van der Waals surface area contributed by atoms with E-state index in [9.17, 15) is 4.79 Å². The molecule has 3 aromatic carbocycles. The first kappa shape index (κ1) is 23.0. The Hall–Kier alpha value is -3.67. The summed E-state index contributed by atoms with van der Waals surface area (Å²) in [5.41, 5.74) is 3.17. The Balaban J connectivity index is 2.15. The van der Waals surface area contributed by atoms with Crippen LogP contribution in [0.3, 0.4) is 0 Å². The highest BCUT2D eigenvalue weighted by atomic mass is 16.5. The van der Waals surface area contributed by atoms with Crippen LogP contribution in [-0.4, -0.2) is 34.7 Å². The van der Waals surface area contributed by atoms with Gasteiger partial charge in [0.2, 0.25) is 11.5 Å². The van der Waals surface area contributed by atoms with E-state index in [-0.39, 0.29) is 0 Å². The normalized spacial score (nSPS) is 11.4. The Bertz CT molecular complexity index is 1060. The fraction of sp³-hybridized carbons (Fsp3) is 0.269. The van der Waals surface area contributed by atoms with E-state index in [1.54, 1.807) is 46.6 Å². The third-order valence-corrected chi connectivity index (χ3v) is 5.38. The van der Waals surface area contributed by atoms with Gasteiger partial charge in [-0.2, -0.15) is 0 Å². The van der Waals surface area contributed by atoms with Crippen LogP contribution >= 0.6 is 0 Å². The molecule has 0 aliphatic carbocycles. The zero-order valence-electron chi connectivity index (χ0n) is 19.0. The summed E-state index contributed by atoms with van der Waals surface area (Å²) in [6.45, 7) is 1.94. The molecule has 168 valence electrons. The molecule has 32 heavy (non-hydrogen) atoms. The second-order valence-corrected chi connectivity index (χ2v) is 7.11. The molecule has 0 radical (unpaired) electrons. The number of rotatable bonds is 10. The van der Waals surface area contributed by atoms with Crippen LogP contribution in [0.5, 0.6) is 28.7 Å². The van der Waals surface area contributed by atoms with Crippen molar-refractivity contribution < 1.29 is 28.5 Å². The fourth-order valence-electron chi connectivity index (χ4n) is 3.82. The molecule has 0 saturated carbocycles. The first-order valence-electron chi connectivity index (χ1n) is 10.2. The van der Waals surface area contributed by atoms with Crippen LogP contribution in [0.2, 0.25) is 0 Å². The Morgan fingerprint density at radius 2 is 1.31 bits per heavy atom. The van der Waals surface area contributed by atoms with Crippen molar-refractivity contribution in [2.75, 3.05) is 28.4 Å². The molecule has 0 heterocycles. The Labute approximate surface area is 188 Å². The van der Waals surface area contributed by atoms with E-state index in [0.29, 0.717) is 40.7 Å². The first-order valence-corrected chi connectivity index (χ1v) is 10.2. The highest BCUT2D eigenvalue weighted by molar-refractivity contribution is 5.79. The van der Waals surface area contributed by atoms with Crippen molar-refractivity contribution in [1.29, 1.82) is 0 Å². The molecule has 1 unspecified atom stereocenters. The lowest BCUT2D eigenvalue weighted by Gasteiger charge is -2.25. The maximum absolute atomic E-state index is 11.5. The monoisotopic (exact) mass is 436 g/mol. The number of benzene rings is 3. The van der Waals surface area contributed by atoms with Crippen molar-refractivity contribution in [1.82, 2.24) is 0 Å². The number of para-hydroxylation sites is 1. The van der Waals surface area contributed by atoms with Gasteiger partial charge in [0, 0.05) is 17.5 Å². The Kier molecular flexibility index (Phi) is 7.60. The van der Waals surface area contributed by atoms with Crippen molar-refractivity contribution in [3.05, 3.63) is 76.9 Å². The Morgan fingerprint density at radius 1 is 0.750 bits per heavy atom. The highest BCUT2D eigenvalue weighted by Crippen LogP contribution is 2.50. The predicted octanol–water partition coefficient (Wildman–Crippen LogP) is 5.20. The zero-order valence-corrected chi connectivity index (χ0v) is 19.0. The third-order valence-electron chi connectivity index (χ3n) is 5.38. The van der Waals surface area contributed by atoms with Gasteiger partial charge in [0.1, 0.15) is 11.9 Å². The van der Waals surface area contributed by atoms with Gasteiger partial charge in [-0.3, -0.25) is 4.79 Å². The van der Waals surface area contributed by atoms with E-state index in [2.05, 4.69) is 0 Å². The molecule has 6 heteroatoms. The van der Waals surface area contributed by atoms with Crippen molar-refractivity contribution in [2.45, 2.75) is 19.4 Å².